The van der Waals surface area contributed by atoms with Gasteiger partial charge in [-0.05, 0) is 78.5 Å². The molecule has 7 heteroatoms. The summed E-state index contributed by atoms with van der Waals surface area (Å²) in [6, 6.07) is 11.0. The molecule has 0 saturated heterocycles. The zero-order valence-electron chi connectivity index (χ0n) is 20.3. The molecule has 2 aromatic carbocycles. The Morgan fingerprint density at radius 1 is 1.00 bits per heavy atom. The number of carbonyl (C=O) groups is 1. The first-order valence-electron chi connectivity index (χ1n) is 11.8. The summed E-state index contributed by atoms with van der Waals surface area (Å²) in [4.78, 5) is 12.4. The van der Waals surface area contributed by atoms with Crippen LogP contribution in [0.3, 0.4) is 0 Å². The number of nitrogens with zero attached hydrogens (tertiary/aromatic N) is 1. The maximum Gasteiger partial charge on any atom is 0.416 e. The van der Waals surface area contributed by atoms with Gasteiger partial charge in [0.2, 0.25) is 0 Å². The lowest BCUT2D eigenvalue weighted by molar-refractivity contribution is -0.138. The molecule has 0 radical (unpaired) electrons. The topological polar surface area (TPSA) is 49.8 Å². The standard InChI is InChI=1S/C27H34F3NO3/c1-26(2,3)20-7-11-24(12-8-20)34-23-9-5-18(6-10-23)19-15-21(27(28,29)30)17-22(16-19)31(4)14-13-25(32)33/h5-6,9-10,15-17,20,24H,7-8,11-14H2,1-4H3,(H,32,33)/t20-,24-. The van der Waals surface area contributed by atoms with Gasteiger partial charge in [-0.25, -0.2) is 0 Å². The molecule has 0 amide bonds. The number of halogens is 3. The van der Waals surface area contributed by atoms with E-state index in [4.69, 9.17) is 9.84 Å². The summed E-state index contributed by atoms with van der Waals surface area (Å²) in [6.45, 7) is 6.95. The molecular weight excluding hydrogens is 443 g/mol. The van der Waals surface area contributed by atoms with Gasteiger partial charge in [0.1, 0.15) is 5.75 Å². The summed E-state index contributed by atoms with van der Waals surface area (Å²) in [6.07, 6.45) is -0.234. The number of hydrogen-bond donors (Lipinski definition) is 1. The molecule has 1 N–H and O–H groups in total. The van der Waals surface area contributed by atoms with Crippen molar-refractivity contribution in [3.63, 3.8) is 0 Å². The van der Waals surface area contributed by atoms with E-state index in [-0.39, 0.29) is 19.1 Å². The highest BCUT2D eigenvalue weighted by Crippen LogP contribution is 2.39. The number of carboxylic acids is 1. The van der Waals surface area contributed by atoms with Gasteiger partial charge in [-0.3, -0.25) is 4.79 Å². The summed E-state index contributed by atoms with van der Waals surface area (Å²) in [5.41, 5.74) is 0.921. The fraction of sp³-hybridized carbons (Fsp3) is 0.519. The highest BCUT2D eigenvalue weighted by molar-refractivity contribution is 5.71. The van der Waals surface area contributed by atoms with Crippen molar-refractivity contribution in [2.75, 3.05) is 18.5 Å². The number of aliphatic carboxylic acids is 1. The summed E-state index contributed by atoms with van der Waals surface area (Å²) >= 11 is 0. The zero-order chi connectivity index (χ0) is 25.1. The van der Waals surface area contributed by atoms with E-state index in [1.54, 1.807) is 37.4 Å². The number of alkyl halides is 3. The third kappa shape index (κ3) is 6.90. The highest BCUT2D eigenvalue weighted by Gasteiger charge is 2.32. The smallest absolute Gasteiger partial charge is 0.416 e. The molecule has 1 fully saturated rings. The second kappa shape index (κ2) is 10.3. The number of ether oxygens (including phenoxy) is 1. The summed E-state index contributed by atoms with van der Waals surface area (Å²) in [7, 11) is 1.59. The number of hydrogen-bond acceptors (Lipinski definition) is 3. The number of anilines is 1. The van der Waals surface area contributed by atoms with Crippen molar-refractivity contribution in [2.24, 2.45) is 11.3 Å². The summed E-state index contributed by atoms with van der Waals surface area (Å²) in [5.74, 6) is 0.411. The number of carboxylic acid groups (broad SMARTS) is 1. The van der Waals surface area contributed by atoms with Gasteiger partial charge < -0.3 is 14.7 Å². The fourth-order valence-electron chi connectivity index (χ4n) is 4.52. The number of rotatable bonds is 7. The minimum Gasteiger partial charge on any atom is -0.490 e. The van der Waals surface area contributed by atoms with Gasteiger partial charge in [0.25, 0.3) is 0 Å². The number of benzene rings is 2. The van der Waals surface area contributed by atoms with Crippen molar-refractivity contribution in [3.05, 3.63) is 48.0 Å². The largest absolute Gasteiger partial charge is 0.490 e. The second-order valence-electron chi connectivity index (χ2n) is 10.3. The van der Waals surface area contributed by atoms with E-state index in [0.29, 0.717) is 33.9 Å². The van der Waals surface area contributed by atoms with E-state index in [9.17, 15) is 18.0 Å². The average molecular weight is 478 g/mol. The van der Waals surface area contributed by atoms with Crippen LogP contribution in [-0.4, -0.2) is 30.8 Å². The Kier molecular flexibility index (Phi) is 7.84. The molecule has 0 aromatic heterocycles. The van der Waals surface area contributed by atoms with Crippen molar-refractivity contribution in [2.45, 2.75) is 65.2 Å². The molecule has 0 heterocycles. The van der Waals surface area contributed by atoms with Crippen LogP contribution in [0.5, 0.6) is 5.75 Å². The highest BCUT2D eigenvalue weighted by atomic mass is 19.4. The van der Waals surface area contributed by atoms with E-state index >= 15 is 0 Å². The van der Waals surface area contributed by atoms with Crippen LogP contribution in [0.25, 0.3) is 11.1 Å². The lowest BCUT2D eigenvalue weighted by Crippen LogP contribution is -2.30. The molecule has 0 aliphatic heterocycles. The molecule has 4 nitrogen and oxygen atoms in total. The average Bonchev–Trinajstić information content (AvgIpc) is 2.77. The minimum absolute atomic E-state index is 0.111. The van der Waals surface area contributed by atoms with Gasteiger partial charge in [0.15, 0.2) is 0 Å². The predicted octanol–water partition coefficient (Wildman–Crippen LogP) is 7.27. The molecule has 0 unspecified atom stereocenters. The molecule has 1 aliphatic carbocycles. The van der Waals surface area contributed by atoms with Crippen LogP contribution in [0.15, 0.2) is 42.5 Å². The molecule has 3 rings (SSSR count). The first-order chi connectivity index (χ1) is 15.8. The lowest BCUT2D eigenvalue weighted by atomic mass is 9.72. The maximum atomic E-state index is 13.5. The van der Waals surface area contributed by atoms with Gasteiger partial charge in [-0.15, -0.1) is 0 Å². The molecular formula is C27H34F3NO3. The van der Waals surface area contributed by atoms with E-state index in [1.807, 2.05) is 0 Å². The fourth-order valence-corrected chi connectivity index (χ4v) is 4.52. The maximum absolute atomic E-state index is 13.5. The van der Waals surface area contributed by atoms with Crippen LogP contribution in [0.2, 0.25) is 0 Å². The van der Waals surface area contributed by atoms with Crippen molar-refractivity contribution in [3.8, 4) is 16.9 Å². The quantitative estimate of drug-likeness (QED) is 0.456. The Balaban J connectivity index is 1.75. The molecule has 1 saturated carbocycles. The monoisotopic (exact) mass is 477 g/mol. The third-order valence-electron chi connectivity index (χ3n) is 6.74. The van der Waals surface area contributed by atoms with Gasteiger partial charge in [0, 0.05) is 19.3 Å². The van der Waals surface area contributed by atoms with Gasteiger partial charge >= 0.3 is 12.1 Å². The van der Waals surface area contributed by atoms with Crippen LogP contribution < -0.4 is 9.64 Å². The predicted molar refractivity (Wildman–Crippen MR) is 128 cm³/mol. The van der Waals surface area contributed by atoms with Crippen LogP contribution >= 0.6 is 0 Å². The molecule has 34 heavy (non-hydrogen) atoms. The Hall–Kier alpha value is -2.70. The van der Waals surface area contributed by atoms with E-state index in [0.717, 1.165) is 37.8 Å². The van der Waals surface area contributed by atoms with Crippen molar-refractivity contribution in [1.29, 1.82) is 0 Å². The molecule has 0 bridgehead atoms. The van der Waals surface area contributed by atoms with Crippen molar-refractivity contribution < 1.29 is 27.8 Å². The SMILES string of the molecule is CN(CCC(=O)O)c1cc(-c2ccc(O[C@H]3CC[C@H](C(C)(C)C)CC3)cc2)cc(C(F)(F)F)c1. The molecule has 1 aliphatic rings. The van der Waals surface area contributed by atoms with Gasteiger partial charge in [0.05, 0.1) is 18.1 Å². The van der Waals surface area contributed by atoms with Crippen LogP contribution in [0.4, 0.5) is 18.9 Å². The second-order valence-corrected chi connectivity index (χ2v) is 10.3. The first-order valence-corrected chi connectivity index (χ1v) is 11.8. The normalized spacial score (nSPS) is 19.0. The Labute approximate surface area is 199 Å². The van der Waals surface area contributed by atoms with Gasteiger partial charge in [-0.1, -0.05) is 32.9 Å². The molecule has 0 spiro atoms. The molecule has 0 atom stereocenters. The Bertz CT molecular complexity index is 972. The Morgan fingerprint density at radius 2 is 1.62 bits per heavy atom. The minimum atomic E-state index is -4.51. The van der Waals surface area contributed by atoms with Gasteiger partial charge in [-0.2, -0.15) is 13.2 Å². The molecule has 186 valence electrons. The third-order valence-corrected chi connectivity index (χ3v) is 6.74. The summed E-state index contributed by atoms with van der Waals surface area (Å²) in [5, 5.41) is 8.90. The van der Waals surface area contributed by atoms with Crippen LogP contribution in [0, 0.1) is 11.3 Å². The zero-order valence-corrected chi connectivity index (χ0v) is 20.3. The van der Waals surface area contributed by atoms with E-state index < -0.39 is 17.7 Å². The lowest BCUT2D eigenvalue weighted by Gasteiger charge is -2.36. The van der Waals surface area contributed by atoms with E-state index in [2.05, 4.69) is 20.8 Å². The Morgan fingerprint density at radius 3 is 2.15 bits per heavy atom. The summed E-state index contributed by atoms with van der Waals surface area (Å²) < 4.78 is 46.8. The first kappa shape index (κ1) is 25.9. The van der Waals surface area contributed by atoms with Crippen LogP contribution in [-0.2, 0) is 11.0 Å². The van der Waals surface area contributed by atoms with Crippen molar-refractivity contribution >= 4 is 11.7 Å². The van der Waals surface area contributed by atoms with E-state index in [1.165, 1.54) is 4.90 Å². The van der Waals surface area contributed by atoms with Crippen molar-refractivity contribution in [1.82, 2.24) is 0 Å². The van der Waals surface area contributed by atoms with Crippen LogP contribution in [0.1, 0.15) is 58.4 Å². The molecule has 2 aromatic rings.